The molecule has 0 bridgehead atoms. The molecule has 24 heavy (non-hydrogen) atoms. The molecule has 0 amide bonds. The Balaban J connectivity index is 2.35. The molecule has 0 unspecified atom stereocenters. The quantitative estimate of drug-likeness (QED) is 0.765. The van der Waals surface area contributed by atoms with Crippen LogP contribution in [-0.2, 0) is 6.18 Å². The highest BCUT2D eigenvalue weighted by Crippen LogP contribution is 2.29. The van der Waals surface area contributed by atoms with Crippen molar-refractivity contribution in [2.45, 2.75) is 6.18 Å². The molecule has 1 aromatic carbocycles. The van der Waals surface area contributed by atoms with Crippen molar-refractivity contribution in [3.05, 3.63) is 63.3 Å². The fourth-order valence-electron chi connectivity index (χ4n) is 2.28. The molecule has 0 aliphatic heterocycles. The molecule has 2 aromatic heterocycles. The maximum absolute atomic E-state index is 13.0. The van der Waals surface area contributed by atoms with Crippen LogP contribution in [0.15, 0.2) is 41.5 Å². The molecule has 3 rings (SSSR count). The van der Waals surface area contributed by atoms with E-state index in [0.29, 0.717) is 10.5 Å². The van der Waals surface area contributed by atoms with Gasteiger partial charge in [0.2, 0.25) is 5.78 Å². The van der Waals surface area contributed by atoms with Gasteiger partial charge in [0.05, 0.1) is 16.3 Å². The van der Waals surface area contributed by atoms with Gasteiger partial charge < -0.3 is 5.11 Å². The number of fused-ring (bicyclic) bond motifs is 1. The van der Waals surface area contributed by atoms with Crippen molar-refractivity contribution in [1.82, 2.24) is 14.0 Å². The SMILES string of the molecule is O=C(O)c1cc(-n2c(=O)cc(C(F)(F)F)n3ccnc23)ccc1Cl. The van der Waals surface area contributed by atoms with Gasteiger partial charge in [0.15, 0.2) is 0 Å². The lowest BCUT2D eigenvalue weighted by atomic mass is 10.2. The highest BCUT2D eigenvalue weighted by molar-refractivity contribution is 6.33. The molecule has 0 aliphatic carbocycles. The van der Waals surface area contributed by atoms with Crippen molar-refractivity contribution in [3.8, 4) is 5.69 Å². The number of aromatic carboxylic acids is 1. The summed E-state index contributed by atoms with van der Waals surface area (Å²) in [6, 6.07) is 4.07. The first-order chi connectivity index (χ1) is 11.2. The molecule has 1 N–H and O–H groups in total. The summed E-state index contributed by atoms with van der Waals surface area (Å²) in [7, 11) is 0. The Morgan fingerprint density at radius 2 is 1.96 bits per heavy atom. The highest BCUT2D eigenvalue weighted by atomic mass is 35.5. The van der Waals surface area contributed by atoms with E-state index >= 15 is 0 Å². The maximum atomic E-state index is 13.0. The van der Waals surface area contributed by atoms with Crippen LogP contribution in [0.25, 0.3) is 11.5 Å². The first-order valence-electron chi connectivity index (χ1n) is 6.39. The normalized spacial score (nSPS) is 11.8. The number of carboxylic acids is 1. The second-order valence-electron chi connectivity index (χ2n) is 4.77. The number of carbonyl (C=O) groups is 1. The van der Waals surface area contributed by atoms with Gasteiger partial charge in [0.1, 0.15) is 5.69 Å². The van der Waals surface area contributed by atoms with Crippen molar-refractivity contribution in [1.29, 1.82) is 0 Å². The summed E-state index contributed by atoms with van der Waals surface area (Å²) in [5.41, 5.74) is -2.43. The van der Waals surface area contributed by atoms with E-state index in [9.17, 15) is 22.8 Å². The number of halogens is 4. The van der Waals surface area contributed by atoms with E-state index in [1.165, 1.54) is 12.1 Å². The second kappa shape index (κ2) is 5.38. The summed E-state index contributed by atoms with van der Waals surface area (Å²) in [5.74, 6) is -1.63. The molecule has 0 atom stereocenters. The minimum absolute atomic E-state index is 0.0340. The summed E-state index contributed by atoms with van der Waals surface area (Å²) in [6.45, 7) is 0. The van der Waals surface area contributed by atoms with Gasteiger partial charge in [-0.25, -0.2) is 14.3 Å². The van der Waals surface area contributed by atoms with Crippen molar-refractivity contribution >= 4 is 23.3 Å². The first kappa shape index (κ1) is 16.1. The summed E-state index contributed by atoms with van der Waals surface area (Å²) in [5, 5.41) is 9.02. The Kier molecular flexibility index (Phi) is 3.60. The standard InChI is InChI=1S/C14H7ClF3N3O3/c15-9-2-1-7(5-8(9)12(23)24)21-11(22)6-10(14(16,17)18)20-4-3-19-13(20)21/h1-6H,(H,23,24). The number of carboxylic acid groups (broad SMARTS) is 1. The van der Waals surface area contributed by atoms with Crippen molar-refractivity contribution in [2.75, 3.05) is 0 Å². The first-order valence-corrected chi connectivity index (χ1v) is 6.77. The Hall–Kier alpha value is -2.81. The Bertz CT molecular complexity index is 1020. The van der Waals surface area contributed by atoms with Gasteiger partial charge in [-0.2, -0.15) is 13.2 Å². The van der Waals surface area contributed by atoms with Gasteiger partial charge in [-0.1, -0.05) is 11.6 Å². The molecular formula is C14H7ClF3N3O3. The predicted octanol–water partition coefficient (Wildman–Crippen LogP) is 2.86. The molecule has 3 aromatic rings. The Morgan fingerprint density at radius 3 is 2.58 bits per heavy atom. The van der Waals surface area contributed by atoms with Crippen LogP contribution in [0.3, 0.4) is 0 Å². The molecule has 0 saturated carbocycles. The van der Waals surface area contributed by atoms with E-state index in [4.69, 9.17) is 16.7 Å². The number of alkyl halides is 3. The molecule has 0 radical (unpaired) electrons. The van der Waals surface area contributed by atoms with Crippen LogP contribution in [0.2, 0.25) is 5.02 Å². The topological polar surface area (TPSA) is 76.6 Å². The van der Waals surface area contributed by atoms with Gasteiger partial charge in [0.25, 0.3) is 5.56 Å². The molecule has 0 spiro atoms. The van der Waals surface area contributed by atoms with Crippen LogP contribution >= 0.6 is 11.6 Å². The Morgan fingerprint density at radius 1 is 1.25 bits per heavy atom. The van der Waals surface area contributed by atoms with Gasteiger partial charge >= 0.3 is 12.1 Å². The van der Waals surface area contributed by atoms with Gasteiger partial charge in [-0.05, 0) is 18.2 Å². The maximum Gasteiger partial charge on any atom is 0.432 e. The molecule has 10 heteroatoms. The van der Waals surface area contributed by atoms with Crippen LogP contribution in [0.1, 0.15) is 16.1 Å². The zero-order valence-electron chi connectivity index (χ0n) is 11.6. The third-order valence-corrected chi connectivity index (χ3v) is 3.62. The molecular weight excluding hydrogens is 351 g/mol. The van der Waals surface area contributed by atoms with Crippen LogP contribution in [0, 0.1) is 0 Å². The van der Waals surface area contributed by atoms with Crippen molar-refractivity contribution in [2.24, 2.45) is 0 Å². The van der Waals surface area contributed by atoms with Gasteiger partial charge in [-0.15, -0.1) is 0 Å². The van der Waals surface area contributed by atoms with Gasteiger partial charge in [-0.3, -0.25) is 9.20 Å². The summed E-state index contributed by atoms with van der Waals surface area (Å²) in [4.78, 5) is 27.1. The third kappa shape index (κ3) is 2.52. The van der Waals surface area contributed by atoms with Crippen LogP contribution in [0.5, 0.6) is 0 Å². The molecule has 124 valence electrons. The number of aromatic nitrogens is 3. The molecule has 2 heterocycles. The molecule has 0 saturated heterocycles. The minimum Gasteiger partial charge on any atom is -0.478 e. The van der Waals surface area contributed by atoms with E-state index in [1.54, 1.807) is 0 Å². The average molecular weight is 358 g/mol. The molecule has 6 nitrogen and oxygen atoms in total. The zero-order chi connectivity index (χ0) is 17.6. The smallest absolute Gasteiger partial charge is 0.432 e. The van der Waals surface area contributed by atoms with Crippen LogP contribution in [-0.4, -0.2) is 25.0 Å². The van der Waals surface area contributed by atoms with Crippen molar-refractivity contribution < 1.29 is 23.1 Å². The monoisotopic (exact) mass is 357 g/mol. The van der Waals surface area contributed by atoms with E-state index in [0.717, 1.165) is 23.0 Å². The lowest BCUT2D eigenvalue weighted by Gasteiger charge is -2.14. The minimum atomic E-state index is -4.75. The number of nitrogens with zero attached hydrogens (tertiary/aromatic N) is 3. The number of benzene rings is 1. The van der Waals surface area contributed by atoms with E-state index in [-0.39, 0.29) is 22.1 Å². The summed E-state index contributed by atoms with van der Waals surface area (Å²) < 4.78 is 40.7. The summed E-state index contributed by atoms with van der Waals surface area (Å²) in [6.07, 6.45) is -2.58. The fraction of sp³-hybridized carbons (Fsp3) is 0.0714. The fourth-order valence-corrected chi connectivity index (χ4v) is 2.47. The average Bonchev–Trinajstić information content (AvgIpc) is 2.95. The van der Waals surface area contributed by atoms with Crippen molar-refractivity contribution in [3.63, 3.8) is 0 Å². The number of rotatable bonds is 2. The highest BCUT2D eigenvalue weighted by Gasteiger charge is 2.35. The molecule has 0 aliphatic rings. The van der Waals surface area contributed by atoms with E-state index in [2.05, 4.69) is 4.98 Å². The number of imidazole rings is 1. The lowest BCUT2D eigenvalue weighted by Crippen LogP contribution is -2.25. The Labute approximate surface area is 136 Å². The predicted molar refractivity (Wildman–Crippen MR) is 77.8 cm³/mol. The van der Waals surface area contributed by atoms with E-state index in [1.807, 2.05) is 0 Å². The van der Waals surface area contributed by atoms with Gasteiger partial charge in [0, 0.05) is 18.5 Å². The van der Waals surface area contributed by atoms with Crippen LogP contribution in [0.4, 0.5) is 13.2 Å². The van der Waals surface area contributed by atoms with Crippen LogP contribution < -0.4 is 5.56 Å². The van der Waals surface area contributed by atoms with E-state index < -0.39 is 23.4 Å². The summed E-state index contributed by atoms with van der Waals surface area (Å²) >= 11 is 5.76. The zero-order valence-corrected chi connectivity index (χ0v) is 12.3. The second-order valence-corrected chi connectivity index (χ2v) is 5.17. The largest absolute Gasteiger partial charge is 0.478 e. The number of hydrogen-bond donors (Lipinski definition) is 1. The third-order valence-electron chi connectivity index (χ3n) is 3.29. The number of hydrogen-bond acceptors (Lipinski definition) is 3. The lowest BCUT2D eigenvalue weighted by molar-refractivity contribution is -0.142. The molecule has 0 fully saturated rings.